The maximum atomic E-state index is 11.4. The molecule has 0 spiro atoms. The van der Waals surface area contributed by atoms with Crippen LogP contribution in [0.2, 0.25) is 0 Å². The fourth-order valence-electron chi connectivity index (χ4n) is 2.40. The van der Waals surface area contributed by atoms with E-state index in [0.717, 1.165) is 17.0 Å². The molecular weight excluding hydrogens is 266 g/mol. The molecule has 0 atom stereocenters. The lowest BCUT2D eigenvalue weighted by atomic mass is 10.2. The Labute approximate surface area is 122 Å². The number of aromatic carboxylic acids is 1. The Hall–Kier alpha value is -2.75. The summed E-state index contributed by atoms with van der Waals surface area (Å²) in [6.45, 7) is 0.533. The van der Waals surface area contributed by atoms with Gasteiger partial charge in [0.15, 0.2) is 0 Å². The molecule has 0 saturated heterocycles. The molecule has 21 heavy (non-hydrogen) atoms. The number of aromatic nitrogens is 1. The summed E-state index contributed by atoms with van der Waals surface area (Å²) in [4.78, 5) is 11.4. The molecule has 0 unspecified atom stereocenters. The van der Waals surface area contributed by atoms with E-state index in [4.69, 9.17) is 4.42 Å². The molecule has 0 fully saturated rings. The molecule has 0 aliphatic rings. The summed E-state index contributed by atoms with van der Waals surface area (Å²) >= 11 is 0. The topological polar surface area (TPSA) is 55.4 Å². The van der Waals surface area contributed by atoms with E-state index in [9.17, 15) is 9.90 Å². The lowest BCUT2D eigenvalue weighted by Crippen LogP contribution is -2.12. The van der Waals surface area contributed by atoms with Crippen LogP contribution in [0.3, 0.4) is 0 Å². The van der Waals surface area contributed by atoms with Crippen molar-refractivity contribution in [2.45, 2.75) is 13.0 Å². The predicted octanol–water partition coefficient (Wildman–Crippen LogP) is 3.42. The summed E-state index contributed by atoms with van der Waals surface area (Å²) in [5.41, 5.74) is 2.28. The van der Waals surface area contributed by atoms with Crippen molar-refractivity contribution in [1.29, 1.82) is 0 Å². The van der Waals surface area contributed by atoms with Gasteiger partial charge in [-0.1, -0.05) is 30.3 Å². The molecule has 2 heterocycles. The second-order valence-electron chi connectivity index (χ2n) is 4.84. The van der Waals surface area contributed by atoms with Gasteiger partial charge in [-0.05, 0) is 29.8 Å². The third kappa shape index (κ3) is 2.89. The Morgan fingerprint density at radius 1 is 1.05 bits per heavy atom. The summed E-state index contributed by atoms with van der Waals surface area (Å²) in [5.74, 6) is -0.101. The minimum absolute atomic E-state index is 0.292. The third-order valence-electron chi connectivity index (χ3n) is 3.41. The number of benzene rings is 1. The Morgan fingerprint density at radius 3 is 2.52 bits per heavy atom. The van der Waals surface area contributed by atoms with Crippen LogP contribution in [0.5, 0.6) is 0 Å². The van der Waals surface area contributed by atoms with Gasteiger partial charge in [0.2, 0.25) is 0 Å². The first kappa shape index (κ1) is 13.2. The summed E-state index contributed by atoms with van der Waals surface area (Å²) in [5, 5.41) is 9.34. The fraction of sp³-hybridized carbons (Fsp3) is 0.118. The van der Waals surface area contributed by atoms with Crippen molar-refractivity contribution >= 4 is 5.97 Å². The molecular formula is C17H15NO3. The van der Waals surface area contributed by atoms with Crippen molar-refractivity contribution in [2.75, 3.05) is 0 Å². The summed E-state index contributed by atoms with van der Waals surface area (Å²) in [6.07, 6.45) is 2.20. The predicted molar refractivity (Wildman–Crippen MR) is 78.4 cm³/mol. The molecule has 1 aromatic carbocycles. The lowest BCUT2D eigenvalue weighted by molar-refractivity contribution is 0.0685. The normalized spacial score (nSPS) is 10.7. The van der Waals surface area contributed by atoms with Crippen LogP contribution in [0.1, 0.15) is 27.5 Å². The first-order valence-electron chi connectivity index (χ1n) is 6.72. The number of carbonyl (C=O) groups is 1. The van der Waals surface area contributed by atoms with Crippen LogP contribution in [0, 0.1) is 0 Å². The molecule has 0 bridgehead atoms. The third-order valence-corrected chi connectivity index (χ3v) is 3.41. The van der Waals surface area contributed by atoms with E-state index in [1.165, 1.54) is 0 Å². The quantitative estimate of drug-likeness (QED) is 0.779. The monoisotopic (exact) mass is 281 g/mol. The van der Waals surface area contributed by atoms with E-state index < -0.39 is 5.97 Å². The van der Waals surface area contributed by atoms with Gasteiger partial charge in [0.25, 0.3) is 0 Å². The van der Waals surface area contributed by atoms with Gasteiger partial charge < -0.3 is 14.1 Å². The highest BCUT2D eigenvalue weighted by atomic mass is 16.4. The minimum atomic E-state index is -0.920. The maximum Gasteiger partial charge on any atom is 0.352 e. The molecule has 0 radical (unpaired) electrons. The zero-order valence-corrected chi connectivity index (χ0v) is 11.4. The largest absolute Gasteiger partial charge is 0.477 e. The zero-order chi connectivity index (χ0) is 14.7. The molecule has 4 heteroatoms. The van der Waals surface area contributed by atoms with Crippen LogP contribution in [0.15, 0.2) is 65.3 Å². The number of hydrogen-bond acceptors (Lipinski definition) is 2. The molecule has 0 saturated carbocycles. The highest BCUT2D eigenvalue weighted by Gasteiger charge is 2.15. The average molecular weight is 281 g/mol. The Bertz CT molecular complexity index is 727. The average Bonchev–Trinajstić information content (AvgIpc) is 3.11. The van der Waals surface area contributed by atoms with E-state index >= 15 is 0 Å². The van der Waals surface area contributed by atoms with Crippen molar-refractivity contribution in [3.8, 4) is 0 Å². The Balaban J connectivity index is 1.95. The second kappa shape index (κ2) is 5.71. The van der Waals surface area contributed by atoms with Gasteiger partial charge in [-0.2, -0.15) is 0 Å². The van der Waals surface area contributed by atoms with Crippen LogP contribution >= 0.6 is 0 Å². The number of nitrogens with zero attached hydrogens (tertiary/aromatic N) is 1. The fourth-order valence-corrected chi connectivity index (χ4v) is 2.40. The van der Waals surface area contributed by atoms with Crippen molar-refractivity contribution in [3.05, 3.63) is 83.6 Å². The van der Waals surface area contributed by atoms with Gasteiger partial charge in [-0.25, -0.2) is 4.79 Å². The Morgan fingerprint density at radius 2 is 1.86 bits per heavy atom. The summed E-state index contributed by atoms with van der Waals surface area (Å²) < 4.78 is 7.17. The Kier molecular flexibility index (Phi) is 3.60. The van der Waals surface area contributed by atoms with E-state index in [1.807, 2.05) is 53.1 Å². The van der Waals surface area contributed by atoms with Gasteiger partial charge in [0.05, 0.1) is 6.26 Å². The lowest BCUT2D eigenvalue weighted by Gasteiger charge is -2.11. The first-order valence-corrected chi connectivity index (χ1v) is 6.72. The number of carboxylic acid groups (broad SMARTS) is 1. The zero-order valence-electron chi connectivity index (χ0n) is 11.4. The molecule has 4 nitrogen and oxygen atoms in total. The molecule has 0 aliphatic heterocycles. The van der Waals surface area contributed by atoms with E-state index in [1.54, 1.807) is 12.3 Å². The smallest absolute Gasteiger partial charge is 0.352 e. The van der Waals surface area contributed by atoms with Crippen molar-refractivity contribution in [2.24, 2.45) is 0 Å². The molecule has 1 N–H and O–H groups in total. The highest BCUT2D eigenvalue weighted by molar-refractivity contribution is 5.86. The molecule has 2 aromatic heterocycles. The highest BCUT2D eigenvalue weighted by Crippen LogP contribution is 2.17. The molecule has 0 aliphatic carbocycles. The van der Waals surface area contributed by atoms with E-state index in [-0.39, 0.29) is 0 Å². The molecule has 0 amide bonds. The van der Waals surface area contributed by atoms with Crippen LogP contribution in [-0.4, -0.2) is 15.6 Å². The minimum Gasteiger partial charge on any atom is -0.477 e. The van der Waals surface area contributed by atoms with E-state index in [2.05, 4.69) is 0 Å². The molecule has 3 aromatic rings. The van der Waals surface area contributed by atoms with Crippen molar-refractivity contribution < 1.29 is 14.3 Å². The van der Waals surface area contributed by atoms with Crippen LogP contribution in [-0.2, 0) is 13.0 Å². The maximum absolute atomic E-state index is 11.4. The molecule has 3 rings (SSSR count). The first-order chi connectivity index (χ1) is 10.2. The number of carboxylic acids is 1. The van der Waals surface area contributed by atoms with Crippen LogP contribution in [0.4, 0.5) is 0 Å². The summed E-state index contributed by atoms with van der Waals surface area (Å²) in [7, 11) is 0. The van der Waals surface area contributed by atoms with Crippen molar-refractivity contribution in [1.82, 2.24) is 4.57 Å². The number of furan rings is 1. The van der Waals surface area contributed by atoms with Gasteiger partial charge in [0.1, 0.15) is 11.5 Å². The van der Waals surface area contributed by atoms with Crippen LogP contribution < -0.4 is 0 Å². The van der Waals surface area contributed by atoms with Gasteiger partial charge in [-0.3, -0.25) is 0 Å². The van der Waals surface area contributed by atoms with Gasteiger partial charge >= 0.3 is 5.97 Å². The molecule has 106 valence electrons. The van der Waals surface area contributed by atoms with Crippen molar-refractivity contribution in [3.63, 3.8) is 0 Å². The second-order valence-corrected chi connectivity index (χ2v) is 4.84. The SMILES string of the molecule is O=C(O)c1ccc(Cc2ccco2)n1Cc1ccccc1. The van der Waals surface area contributed by atoms with Gasteiger partial charge in [0, 0.05) is 18.7 Å². The standard InChI is InChI=1S/C17H15NO3/c19-17(20)16-9-8-14(11-15-7-4-10-21-15)18(16)12-13-5-2-1-3-6-13/h1-10H,11-12H2,(H,19,20). The van der Waals surface area contributed by atoms with Gasteiger partial charge in [-0.15, -0.1) is 0 Å². The van der Waals surface area contributed by atoms with E-state index in [0.29, 0.717) is 18.7 Å². The summed E-state index contributed by atoms with van der Waals surface area (Å²) in [6, 6.07) is 17.0. The number of rotatable bonds is 5. The number of hydrogen-bond donors (Lipinski definition) is 1. The van der Waals surface area contributed by atoms with Crippen LogP contribution in [0.25, 0.3) is 0 Å².